The Morgan fingerprint density at radius 2 is 1.16 bits per heavy atom. The van der Waals surface area contributed by atoms with Gasteiger partial charge in [0.25, 0.3) is 11.8 Å². The lowest BCUT2D eigenvalue weighted by Crippen LogP contribution is -2.59. The Morgan fingerprint density at radius 1 is 0.679 bits per heavy atom. The van der Waals surface area contributed by atoms with Gasteiger partial charge in [0.2, 0.25) is 0 Å². The van der Waals surface area contributed by atoms with Crippen molar-refractivity contribution in [2.45, 2.75) is 90.5 Å². The number of hydrogen-bond donors (Lipinski definition) is 11. The molecule has 0 aliphatic carbocycles. The van der Waals surface area contributed by atoms with E-state index in [1.165, 1.54) is 6.08 Å². The number of carboxylic acids is 3. The molecule has 0 bridgehead atoms. The van der Waals surface area contributed by atoms with Crippen molar-refractivity contribution < 1.29 is 64.5 Å². The van der Waals surface area contributed by atoms with E-state index in [9.17, 15) is 34.2 Å². The molecule has 0 unspecified atom stereocenters. The standard InChI is InChI=1S/C33H36N4O6.C6H10O7/c1-7-20-19(6)32(42)37-27(20)14-25-18(5)23(10-12-31(40)41)29(35-25)15-28-22(9-11-30(38)39)17(4)24(34-28)13-26-16(3)21(8-2)33(43)36-26;7-1-2(8)4(5(10)11)13-6(12)3(1)9/h7-8,13-14,34-35H,1-2,9-12,15H2,3-6H3,(H,36,43)(H,37,42)(H,38,39)(H,40,41);1-4,6-9,12H,(H,10,11)/b26-13-,27-14-;/t;1-,2-,3+,4-,6+/m.0/s1. The average molecular weight is 779 g/mol. The van der Waals surface area contributed by atoms with Crippen molar-refractivity contribution in [1.29, 1.82) is 0 Å². The maximum absolute atomic E-state index is 12.3. The second kappa shape index (κ2) is 17.7. The lowest BCUT2D eigenvalue weighted by molar-refractivity contribution is -0.279. The third kappa shape index (κ3) is 9.15. The number of aliphatic carboxylic acids is 3. The molecular weight excluding hydrogens is 732 g/mol. The summed E-state index contributed by atoms with van der Waals surface area (Å²) in [5.41, 5.74) is 10.2. The van der Waals surface area contributed by atoms with E-state index in [4.69, 9.17) is 25.5 Å². The highest BCUT2D eigenvalue weighted by molar-refractivity contribution is 6.03. The predicted molar refractivity (Wildman–Crippen MR) is 200 cm³/mol. The Bertz CT molecular complexity index is 2100. The number of nitrogens with one attached hydrogen (secondary N) is 4. The summed E-state index contributed by atoms with van der Waals surface area (Å²) in [5.74, 6) is -3.79. The summed E-state index contributed by atoms with van der Waals surface area (Å²) < 4.78 is 4.34. The molecule has 1 fully saturated rings. The molecular formula is C39H46N4O13. The maximum Gasteiger partial charge on any atom is 0.335 e. The van der Waals surface area contributed by atoms with Crippen LogP contribution >= 0.6 is 0 Å². The zero-order valence-electron chi connectivity index (χ0n) is 31.2. The number of rotatable bonds is 13. The van der Waals surface area contributed by atoms with Gasteiger partial charge in [-0.15, -0.1) is 0 Å². The molecule has 5 atom stereocenters. The van der Waals surface area contributed by atoms with Gasteiger partial charge < -0.3 is 61.1 Å². The van der Waals surface area contributed by atoms with Crippen molar-refractivity contribution in [2.24, 2.45) is 0 Å². The number of H-pyrrole nitrogens is 2. The molecule has 1 saturated heterocycles. The molecule has 0 saturated carbocycles. The van der Waals surface area contributed by atoms with E-state index >= 15 is 0 Å². The Kier molecular flexibility index (Phi) is 13.6. The monoisotopic (exact) mass is 778 g/mol. The molecule has 5 heterocycles. The van der Waals surface area contributed by atoms with Gasteiger partial charge in [0.05, 0.1) is 5.70 Å². The Hall–Kier alpha value is -5.85. The number of aromatic nitrogens is 2. The summed E-state index contributed by atoms with van der Waals surface area (Å²) >= 11 is 0. The van der Waals surface area contributed by atoms with Crippen LogP contribution in [0, 0.1) is 13.8 Å². The quantitative estimate of drug-likeness (QED) is 0.137. The van der Waals surface area contributed by atoms with Gasteiger partial charge in [0, 0.05) is 64.5 Å². The van der Waals surface area contributed by atoms with E-state index in [0.717, 1.165) is 50.6 Å². The summed E-state index contributed by atoms with van der Waals surface area (Å²) in [6.45, 7) is 14.9. The number of carboxylic acid groups (broad SMARTS) is 3. The number of carbonyl (C=O) groups is 5. The normalized spacial score (nSPS) is 23.6. The molecule has 3 aliphatic rings. The van der Waals surface area contributed by atoms with Crippen LogP contribution in [0.15, 0.2) is 59.0 Å². The van der Waals surface area contributed by atoms with Crippen molar-refractivity contribution in [3.8, 4) is 0 Å². The second-order valence-electron chi connectivity index (χ2n) is 13.5. The zero-order valence-corrected chi connectivity index (χ0v) is 31.2. The molecule has 5 rings (SSSR count). The third-order valence-electron chi connectivity index (χ3n) is 9.95. The minimum absolute atomic E-state index is 0.0688. The van der Waals surface area contributed by atoms with Crippen LogP contribution in [0.2, 0.25) is 0 Å². The fourth-order valence-corrected chi connectivity index (χ4v) is 6.68. The van der Waals surface area contributed by atoms with Crippen molar-refractivity contribution in [3.63, 3.8) is 0 Å². The van der Waals surface area contributed by atoms with Crippen molar-refractivity contribution >= 4 is 41.9 Å². The molecule has 2 amide bonds. The zero-order chi connectivity index (χ0) is 41.8. The van der Waals surface area contributed by atoms with Gasteiger partial charge in [-0.25, -0.2) is 4.79 Å². The minimum atomic E-state index is -1.81. The predicted octanol–water partition coefficient (Wildman–Crippen LogP) is 1.40. The molecule has 300 valence electrons. The van der Waals surface area contributed by atoms with Gasteiger partial charge in [-0.1, -0.05) is 25.3 Å². The molecule has 17 heteroatoms. The van der Waals surface area contributed by atoms with Crippen LogP contribution < -0.4 is 10.6 Å². The van der Waals surface area contributed by atoms with Gasteiger partial charge >= 0.3 is 17.9 Å². The largest absolute Gasteiger partial charge is 0.481 e. The second-order valence-corrected chi connectivity index (χ2v) is 13.5. The Balaban J connectivity index is 0.000000453. The summed E-state index contributed by atoms with van der Waals surface area (Å²) in [6, 6.07) is 0. The number of aromatic amines is 2. The van der Waals surface area contributed by atoms with E-state index in [0.29, 0.717) is 34.5 Å². The SMILES string of the molecule is C=CC1=C(C)/C(=C/c2[nH]c(Cc3[nH]c(/C=C4\NC(=O)C(C)=C4C=C)c(C)c3CCC(=O)O)c(CCC(=O)O)c2C)NC1=O.O=C(O)[C@H]1O[C@@H](O)[C@H](O)[C@@H](O)[C@@H]1O. The number of allylic oxidation sites excluding steroid dienone is 2. The molecule has 3 aliphatic heterocycles. The summed E-state index contributed by atoms with van der Waals surface area (Å²) in [7, 11) is 0. The van der Waals surface area contributed by atoms with Crippen LogP contribution in [0.5, 0.6) is 0 Å². The number of aliphatic hydroxyl groups is 4. The van der Waals surface area contributed by atoms with E-state index in [1.54, 1.807) is 13.0 Å². The van der Waals surface area contributed by atoms with Crippen LogP contribution in [-0.2, 0) is 48.0 Å². The number of carbonyl (C=O) groups excluding carboxylic acids is 2. The van der Waals surface area contributed by atoms with Crippen LogP contribution in [0.1, 0.15) is 71.7 Å². The highest BCUT2D eigenvalue weighted by Gasteiger charge is 2.46. The van der Waals surface area contributed by atoms with E-state index in [1.807, 2.05) is 32.9 Å². The summed E-state index contributed by atoms with van der Waals surface area (Å²) in [4.78, 5) is 64.9. The van der Waals surface area contributed by atoms with Crippen molar-refractivity contribution in [3.05, 3.63) is 104 Å². The molecule has 17 nitrogen and oxygen atoms in total. The third-order valence-corrected chi connectivity index (χ3v) is 9.95. The Morgan fingerprint density at radius 3 is 1.61 bits per heavy atom. The molecule has 56 heavy (non-hydrogen) atoms. The molecule has 0 aromatic carbocycles. The maximum atomic E-state index is 12.3. The molecule has 0 spiro atoms. The van der Waals surface area contributed by atoms with E-state index in [-0.39, 0.29) is 37.5 Å². The lowest BCUT2D eigenvalue weighted by Gasteiger charge is -2.36. The Labute approximate surface area is 321 Å². The van der Waals surface area contributed by atoms with Gasteiger partial charge in [0.15, 0.2) is 12.4 Å². The lowest BCUT2D eigenvalue weighted by atomic mass is 9.98. The fraction of sp³-hybridized carbons (Fsp3) is 0.359. The average Bonchev–Trinajstić information content (AvgIpc) is 3.78. The fourth-order valence-electron chi connectivity index (χ4n) is 6.68. The van der Waals surface area contributed by atoms with Crippen LogP contribution in [-0.4, -0.2) is 106 Å². The van der Waals surface area contributed by atoms with Gasteiger partial charge in [0.1, 0.15) is 18.3 Å². The molecule has 2 aromatic rings. The highest BCUT2D eigenvalue weighted by atomic mass is 16.6. The first kappa shape index (κ1) is 42.9. The van der Waals surface area contributed by atoms with Crippen LogP contribution in [0.25, 0.3) is 12.2 Å². The number of amides is 2. The molecule has 0 radical (unpaired) electrons. The first-order valence-corrected chi connectivity index (χ1v) is 17.5. The van der Waals surface area contributed by atoms with Crippen LogP contribution in [0.3, 0.4) is 0 Å². The first-order valence-electron chi connectivity index (χ1n) is 17.5. The van der Waals surface area contributed by atoms with Gasteiger partial charge in [-0.2, -0.15) is 0 Å². The molecule has 2 aromatic heterocycles. The number of aliphatic hydroxyl groups excluding tert-OH is 4. The smallest absolute Gasteiger partial charge is 0.335 e. The van der Waals surface area contributed by atoms with Crippen molar-refractivity contribution in [1.82, 2.24) is 20.6 Å². The van der Waals surface area contributed by atoms with Gasteiger partial charge in [-0.05, 0) is 80.5 Å². The minimum Gasteiger partial charge on any atom is -0.481 e. The topological polar surface area (TPSA) is 292 Å². The number of ether oxygens (including phenoxy) is 1. The highest BCUT2D eigenvalue weighted by Crippen LogP contribution is 2.32. The summed E-state index contributed by atoms with van der Waals surface area (Å²) in [6.07, 6.45) is -1.14. The van der Waals surface area contributed by atoms with Crippen LogP contribution in [0.4, 0.5) is 0 Å². The van der Waals surface area contributed by atoms with Crippen molar-refractivity contribution in [2.75, 3.05) is 0 Å². The van der Waals surface area contributed by atoms with Gasteiger partial charge in [-0.3, -0.25) is 19.2 Å². The molecule has 11 N–H and O–H groups in total. The van der Waals surface area contributed by atoms with E-state index in [2.05, 4.69) is 38.5 Å². The number of hydrogen-bond acceptors (Lipinski definition) is 10. The summed E-state index contributed by atoms with van der Waals surface area (Å²) in [5, 5.41) is 68.9. The van der Waals surface area contributed by atoms with E-state index < -0.39 is 48.6 Å². The first-order chi connectivity index (χ1) is 26.3.